The number of benzene rings is 1. The van der Waals surface area contributed by atoms with Crippen molar-refractivity contribution in [3.63, 3.8) is 0 Å². The maximum Gasteiger partial charge on any atom is 0.153 e. The molecule has 0 saturated carbocycles. The molecule has 0 fully saturated rings. The van der Waals surface area contributed by atoms with E-state index in [9.17, 15) is 0 Å². The van der Waals surface area contributed by atoms with Crippen molar-refractivity contribution in [2.75, 3.05) is 31.5 Å². The van der Waals surface area contributed by atoms with E-state index in [1.165, 1.54) is 45.3 Å². The zero-order valence-corrected chi connectivity index (χ0v) is 17.2. The van der Waals surface area contributed by atoms with E-state index in [2.05, 4.69) is 34.1 Å². The molecule has 0 saturated heterocycles. The minimum absolute atomic E-state index is 0.721. The van der Waals surface area contributed by atoms with Crippen LogP contribution in [0.3, 0.4) is 0 Å². The molecule has 3 N–H and O–H groups in total. The summed E-state index contributed by atoms with van der Waals surface area (Å²) in [7, 11) is 0. The lowest BCUT2D eigenvalue weighted by Crippen LogP contribution is -3.12. The van der Waals surface area contributed by atoms with Gasteiger partial charge in [0.1, 0.15) is 17.4 Å². The van der Waals surface area contributed by atoms with Gasteiger partial charge in [-0.25, -0.2) is 9.97 Å². The van der Waals surface area contributed by atoms with E-state index in [-0.39, 0.29) is 0 Å². The number of unbranched alkanes of at least 4 members (excludes halogenated alkanes) is 2. The first-order chi connectivity index (χ1) is 13.2. The summed E-state index contributed by atoms with van der Waals surface area (Å²) in [5.41, 5.74) is 2.91. The van der Waals surface area contributed by atoms with Crippen molar-refractivity contribution in [3.05, 3.63) is 29.5 Å². The normalized spacial score (nSPS) is 11.7. The van der Waals surface area contributed by atoms with Crippen molar-refractivity contribution in [2.45, 2.75) is 46.0 Å². The van der Waals surface area contributed by atoms with Gasteiger partial charge in [-0.3, -0.25) is 0 Å². The number of aromatic amines is 1. The summed E-state index contributed by atoms with van der Waals surface area (Å²) in [5.74, 6) is 0.871. The minimum atomic E-state index is 0.721. The standard InChI is InChI=1S/C21H30ClN5/c1-3-5-11-27(12-6-4-2)13-7-10-23-21-20-19(24-15-25-21)17-14-16(22)8-9-18(17)26-20/h8-9,14-15,26H,3-7,10-13H2,1-2H3,(H,23,24,25)/p+1. The van der Waals surface area contributed by atoms with Gasteiger partial charge in [-0.2, -0.15) is 0 Å². The molecule has 1 aromatic carbocycles. The van der Waals surface area contributed by atoms with Gasteiger partial charge in [0.2, 0.25) is 0 Å². The Balaban J connectivity index is 1.62. The summed E-state index contributed by atoms with van der Waals surface area (Å²) in [6, 6.07) is 5.84. The lowest BCUT2D eigenvalue weighted by atomic mass is 10.2. The van der Waals surface area contributed by atoms with E-state index in [1.807, 2.05) is 18.2 Å². The van der Waals surface area contributed by atoms with Crippen LogP contribution in [0.5, 0.6) is 0 Å². The molecule has 0 unspecified atom stereocenters. The molecule has 0 aliphatic carbocycles. The fourth-order valence-corrected chi connectivity index (χ4v) is 3.74. The zero-order valence-electron chi connectivity index (χ0n) is 16.4. The van der Waals surface area contributed by atoms with Gasteiger partial charge in [0.15, 0.2) is 5.82 Å². The third-order valence-electron chi connectivity index (χ3n) is 5.11. The molecule has 5 nitrogen and oxygen atoms in total. The summed E-state index contributed by atoms with van der Waals surface area (Å²) in [5, 5.41) is 5.26. The summed E-state index contributed by atoms with van der Waals surface area (Å²) in [4.78, 5) is 14.1. The van der Waals surface area contributed by atoms with Crippen molar-refractivity contribution >= 4 is 39.4 Å². The largest absolute Gasteiger partial charge is 0.368 e. The Morgan fingerprint density at radius 3 is 2.52 bits per heavy atom. The van der Waals surface area contributed by atoms with E-state index in [1.54, 1.807) is 11.2 Å². The molecule has 0 bridgehead atoms. The smallest absolute Gasteiger partial charge is 0.153 e. The fourth-order valence-electron chi connectivity index (χ4n) is 3.57. The molecule has 146 valence electrons. The average Bonchev–Trinajstić information content (AvgIpc) is 3.05. The molecule has 2 aromatic heterocycles. The molecule has 27 heavy (non-hydrogen) atoms. The van der Waals surface area contributed by atoms with Crippen molar-refractivity contribution in [1.82, 2.24) is 15.0 Å². The number of aromatic nitrogens is 3. The van der Waals surface area contributed by atoms with Crippen LogP contribution in [0.25, 0.3) is 21.9 Å². The molecule has 0 aliphatic rings. The third-order valence-corrected chi connectivity index (χ3v) is 5.35. The highest BCUT2D eigenvalue weighted by atomic mass is 35.5. The number of fused-ring (bicyclic) bond motifs is 3. The zero-order chi connectivity index (χ0) is 19.1. The number of nitrogens with zero attached hydrogens (tertiary/aromatic N) is 2. The Bertz CT molecular complexity index is 852. The number of quaternary nitrogens is 1. The number of hydrogen-bond acceptors (Lipinski definition) is 3. The Kier molecular flexibility index (Phi) is 7.30. The Hall–Kier alpha value is -1.85. The van der Waals surface area contributed by atoms with Crippen molar-refractivity contribution in [1.29, 1.82) is 0 Å². The molecular weight excluding hydrogens is 358 g/mol. The van der Waals surface area contributed by atoms with Gasteiger partial charge in [-0.15, -0.1) is 0 Å². The van der Waals surface area contributed by atoms with Gasteiger partial charge in [0, 0.05) is 28.9 Å². The highest BCUT2D eigenvalue weighted by Crippen LogP contribution is 2.29. The molecule has 3 aromatic rings. The van der Waals surface area contributed by atoms with Crippen LogP contribution in [0, 0.1) is 0 Å². The van der Waals surface area contributed by atoms with Gasteiger partial charge < -0.3 is 15.2 Å². The first-order valence-corrected chi connectivity index (χ1v) is 10.6. The van der Waals surface area contributed by atoms with Crippen LogP contribution < -0.4 is 10.2 Å². The molecule has 3 rings (SSSR count). The van der Waals surface area contributed by atoms with E-state index in [0.717, 1.165) is 45.7 Å². The molecular formula is C21H31ClN5+. The first-order valence-electron chi connectivity index (χ1n) is 10.2. The Labute approximate surface area is 166 Å². The summed E-state index contributed by atoms with van der Waals surface area (Å²) in [6.07, 6.45) is 7.95. The third kappa shape index (κ3) is 5.11. The average molecular weight is 389 g/mol. The van der Waals surface area contributed by atoms with Gasteiger partial charge in [-0.05, 0) is 31.0 Å². The topological polar surface area (TPSA) is 58.0 Å². The number of anilines is 1. The molecule has 2 heterocycles. The summed E-state index contributed by atoms with van der Waals surface area (Å²) < 4.78 is 0. The van der Waals surface area contributed by atoms with Crippen molar-refractivity contribution in [2.24, 2.45) is 0 Å². The van der Waals surface area contributed by atoms with Gasteiger partial charge in [0.25, 0.3) is 0 Å². The first kappa shape index (κ1) is 19.9. The monoisotopic (exact) mass is 388 g/mol. The predicted molar refractivity (Wildman–Crippen MR) is 115 cm³/mol. The van der Waals surface area contributed by atoms with Crippen molar-refractivity contribution in [3.8, 4) is 0 Å². The maximum absolute atomic E-state index is 6.14. The van der Waals surface area contributed by atoms with Crippen LogP contribution in [0.4, 0.5) is 5.82 Å². The van der Waals surface area contributed by atoms with Crippen LogP contribution >= 0.6 is 11.6 Å². The number of halogens is 1. The fraction of sp³-hybridized carbons (Fsp3) is 0.524. The molecule has 0 amide bonds. The lowest BCUT2D eigenvalue weighted by Gasteiger charge is -2.19. The highest BCUT2D eigenvalue weighted by molar-refractivity contribution is 6.31. The van der Waals surface area contributed by atoms with Crippen LogP contribution in [0.1, 0.15) is 46.0 Å². The Morgan fingerprint density at radius 1 is 1.04 bits per heavy atom. The van der Waals surface area contributed by atoms with E-state index >= 15 is 0 Å². The second-order valence-electron chi connectivity index (χ2n) is 7.25. The number of nitrogens with one attached hydrogen (secondary N) is 3. The number of rotatable bonds is 11. The maximum atomic E-state index is 6.14. The van der Waals surface area contributed by atoms with Gasteiger partial charge >= 0.3 is 0 Å². The number of H-pyrrole nitrogens is 1. The summed E-state index contributed by atoms with van der Waals surface area (Å²) in [6.45, 7) is 9.25. The van der Waals surface area contributed by atoms with E-state index < -0.39 is 0 Å². The number of hydrogen-bond donors (Lipinski definition) is 3. The minimum Gasteiger partial charge on any atom is -0.368 e. The Morgan fingerprint density at radius 2 is 1.78 bits per heavy atom. The van der Waals surface area contributed by atoms with Gasteiger partial charge in [0.05, 0.1) is 19.6 Å². The predicted octanol–water partition coefficient (Wildman–Crippen LogP) is 4.05. The molecule has 0 atom stereocenters. The molecule has 0 spiro atoms. The summed E-state index contributed by atoms with van der Waals surface area (Å²) >= 11 is 6.14. The van der Waals surface area contributed by atoms with E-state index in [4.69, 9.17) is 11.6 Å². The quantitative estimate of drug-likeness (QED) is 0.434. The van der Waals surface area contributed by atoms with E-state index in [0.29, 0.717) is 0 Å². The lowest BCUT2D eigenvalue weighted by molar-refractivity contribution is -0.900. The molecule has 6 heteroatoms. The van der Waals surface area contributed by atoms with Crippen LogP contribution in [-0.4, -0.2) is 41.1 Å². The van der Waals surface area contributed by atoms with Crippen LogP contribution in [0.15, 0.2) is 24.5 Å². The van der Waals surface area contributed by atoms with Gasteiger partial charge in [-0.1, -0.05) is 38.3 Å². The second kappa shape index (κ2) is 9.90. The SMILES string of the molecule is CCCC[NH+](CCCC)CCCNc1ncnc2c1[nH]c1ccc(Cl)cc12. The highest BCUT2D eigenvalue weighted by Gasteiger charge is 2.11. The van der Waals surface area contributed by atoms with Crippen molar-refractivity contribution < 1.29 is 4.90 Å². The van der Waals surface area contributed by atoms with Crippen LogP contribution in [0.2, 0.25) is 5.02 Å². The van der Waals surface area contributed by atoms with Crippen LogP contribution in [-0.2, 0) is 0 Å². The molecule has 0 aliphatic heterocycles. The second-order valence-corrected chi connectivity index (χ2v) is 7.68. The molecule has 0 radical (unpaired) electrons.